The molecular formula is C22H21Cl2N. The van der Waals surface area contributed by atoms with E-state index in [1.165, 1.54) is 5.56 Å². The number of anilines is 1. The Labute approximate surface area is 159 Å². The first-order chi connectivity index (χ1) is 11.8. The van der Waals surface area contributed by atoms with Crippen molar-refractivity contribution in [1.82, 2.24) is 0 Å². The second kappa shape index (κ2) is 6.74. The summed E-state index contributed by atoms with van der Waals surface area (Å²) in [6.07, 6.45) is 0. The Kier molecular flexibility index (Phi) is 4.81. The van der Waals surface area contributed by atoms with Crippen LogP contribution in [0.4, 0.5) is 5.69 Å². The molecule has 3 aromatic carbocycles. The maximum atomic E-state index is 6.57. The molecule has 0 atom stereocenters. The smallest absolute Gasteiger partial charge is 0.0473 e. The lowest BCUT2D eigenvalue weighted by Gasteiger charge is -2.23. The zero-order chi connectivity index (χ0) is 18.2. The number of nitrogens with two attached hydrogens (primary N) is 1. The van der Waals surface area contributed by atoms with Gasteiger partial charge in [0, 0.05) is 26.9 Å². The van der Waals surface area contributed by atoms with Crippen LogP contribution in [-0.2, 0) is 5.41 Å². The van der Waals surface area contributed by atoms with E-state index in [-0.39, 0.29) is 5.41 Å². The molecule has 25 heavy (non-hydrogen) atoms. The van der Waals surface area contributed by atoms with Gasteiger partial charge in [0.05, 0.1) is 0 Å². The molecule has 0 unspecified atom stereocenters. The second-order valence-electron chi connectivity index (χ2n) is 7.25. The molecule has 0 aromatic heterocycles. The quantitative estimate of drug-likeness (QED) is 0.474. The van der Waals surface area contributed by atoms with Gasteiger partial charge in [0.15, 0.2) is 0 Å². The lowest BCUT2D eigenvalue weighted by Crippen LogP contribution is -2.12. The number of hydrogen-bond acceptors (Lipinski definition) is 1. The summed E-state index contributed by atoms with van der Waals surface area (Å²) in [6, 6.07) is 19.9. The number of benzene rings is 3. The van der Waals surface area contributed by atoms with E-state index < -0.39 is 0 Å². The fraction of sp³-hybridized carbons (Fsp3) is 0.182. The van der Waals surface area contributed by atoms with Gasteiger partial charge in [-0.15, -0.1) is 0 Å². The average Bonchev–Trinajstić information content (AvgIpc) is 2.56. The van der Waals surface area contributed by atoms with E-state index in [1.807, 2.05) is 48.5 Å². The highest BCUT2D eigenvalue weighted by Gasteiger charge is 2.19. The van der Waals surface area contributed by atoms with Crippen molar-refractivity contribution in [2.45, 2.75) is 26.2 Å². The Morgan fingerprint density at radius 3 is 1.36 bits per heavy atom. The molecule has 3 aromatic rings. The van der Waals surface area contributed by atoms with E-state index in [4.69, 9.17) is 28.9 Å². The molecule has 128 valence electrons. The largest absolute Gasteiger partial charge is 0.398 e. The summed E-state index contributed by atoms with van der Waals surface area (Å²) in [4.78, 5) is 0. The van der Waals surface area contributed by atoms with E-state index in [9.17, 15) is 0 Å². The first-order valence-electron chi connectivity index (χ1n) is 8.21. The van der Waals surface area contributed by atoms with Crippen molar-refractivity contribution in [2.75, 3.05) is 5.73 Å². The Bertz CT molecular complexity index is 822. The van der Waals surface area contributed by atoms with Gasteiger partial charge in [0.2, 0.25) is 0 Å². The lowest BCUT2D eigenvalue weighted by molar-refractivity contribution is 0.591. The van der Waals surface area contributed by atoms with Gasteiger partial charge in [-0.05, 0) is 58.5 Å². The van der Waals surface area contributed by atoms with Crippen LogP contribution < -0.4 is 5.73 Å². The van der Waals surface area contributed by atoms with Crippen molar-refractivity contribution in [2.24, 2.45) is 0 Å². The number of halogens is 2. The molecule has 0 radical (unpaired) electrons. The fourth-order valence-corrected chi connectivity index (χ4v) is 3.07. The zero-order valence-electron chi connectivity index (χ0n) is 14.6. The number of nitrogen functional groups attached to an aromatic ring is 1. The molecule has 0 aliphatic rings. The first kappa shape index (κ1) is 17.8. The van der Waals surface area contributed by atoms with Crippen LogP contribution in [0.5, 0.6) is 0 Å². The van der Waals surface area contributed by atoms with Crippen LogP contribution in [0.1, 0.15) is 26.3 Å². The van der Waals surface area contributed by atoms with Gasteiger partial charge in [-0.2, -0.15) is 0 Å². The van der Waals surface area contributed by atoms with E-state index in [0.717, 1.165) is 27.9 Å². The Balaban J connectivity index is 2.26. The normalized spacial score (nSPS) is 11.6. The Morgan fingerprint density at radius 1 is 0.680 bits per heavy atom. The summed E-state index contributed by atoms with van der Waals surface area (Å²) in [5.41, 5.74) is 12.7. The Hall–Kier alpha value is -1.96. The van der Waals surface area contributed by atoms with Gasteiger partial charge in [0.25, 0.3) is 0 Å². The molecule has 3 heteroatoms. The van der Waals surface area contributed by atoms with Crippen LogP contribution >= 0.6 is 23.2 Å². The number of hydrogen-bond donors (Lipinski definition) is 1. The summed E-state index contributed by atoms with van der Waals surface area (Å²) in [7, 11) is 0. The minimum absolute atomic E-state index is 0.00997. The Morgan fingerprint density at radius 2 is 1.04 bits per heavy atom. The molecule has 0 aliphatic carbocycles. The van der Waals surface area contributed by atoms with Gasteiger partial charge >= 0.3 is 0 Å². The molecule has 3 rings (SSSR count). The predicted molar refractivity (Wildman–Crippen MR) is 110 cm³/mol. The van der Waals surface area contributed by atoms with Gasteiger partial charge in [-0.3, -0.25) is 0 Å². The van der Waals surface area contributed by atoms with Crippen molar-refractivity contribution in [3.05, 3.63) is 76.3 Å². The topological polar surface area (TPSA) is 26.0 Å². The van der Waals surface area contributed by atoms with Gasteiger partial charge in [0.1, 0.15) is 0 Å². The van der Waals surface area contributed by atoms with E-state index >= 15 is 0 Å². The minimum Gasteiger partial charge on any atom is -0.398 e. The van der Waals surface area contributed by atoms with Gasteiger partial charge in [-0.25, -0.2) is 0 Å². The van der Waals surface area contributed by atoms with Crippen LogP contribution in [0.15, 0.2) is 60.7 Å². The molecule has 0 saturated heterocycles. The highest BCUT2D eigenvalue weighted by molar-refractivity contribution is 6.31. The van der Waals surface area contributed by atoms with Gasteiger partial charge < -0.3 is 5.73 Å². The standard InChI is InChI=1S/C22H21Cl2N/c1-22(2,3)16-12-19(14-4-8-17(23)9-5-14)21(25)20(13-16)15-6-10-18(24)11-7-15/h4-13H,25H2,1-3H3. The average molecular weight is 370 g/mol. The van der Waals surface area contributed by atoms with Crippen LogP contribution in [0.2, 0.25) is 10.0 Å². The van der Waals surface area contributed by atoms with Crippen LogP contribution in [0.3, 0.4) is 0 Å². The van der Waals surface area contributed by atoms with Crippen LogP contribution in [0, 0.1) is 0 Å². The summed E-state index contributed by atoms with van der Waals surface area (Å²) in [6.45, 7) is 6.61. The highest BCUT2D eigenvalue weighted by Crippen LogP contribution is 2.39. The van der Waals surface area contributed by atoms with Crippen molar-refractivity contribution in [3.63, 3.8) is 0 Å². The molecule has 0 bridgehead atoms. The molecule has 0 heterocycles. The zero-order valence-corrected chi connectivity index (χ0v) is 16.1. The molecule has 2 N–H and O–H groups in total. The van der Waals surface area contributed by atoms with Crippen molar-refractivity contribution < 1.29 is 0 Å². The molecule has 0 fully saturated rings. The SMILES string of the molecule is CC(C)(C)c1cc(-c2ccc(Cl)cc2)c(N)c(-c2ccc(Cl)cc2)c1. The fourth-order valence-electron chi connectivity index (χ4n) is 2.82. The lowest BCUT2D eigenvalue weighted by atomic mass is 9.82. The van der Waals surface area contributed by atoms with Crippen LogP contribution in [-0.4, -0.2) is 0 Å². The molecular weight excluding hydrogens is 349 g/mol. The third-order valence-corrected chi connectivity index (χ3v) is 4.86. The first-order valence-corrected chi connectivity index (χ1v) is 8.97. The summed E-state index contributed by atoms with van der Waals surface area (Å²) in [5.74, 6) is 0. The van der Waals surface area contributed by atoms with E-state index in [2.05, 4.69) is 32.9 Å². The van der Waals surface area contributed by atoms with Gasteiger partial charge in [-0.1, -0.05) is 68.2 Å². The molecule has 0 amide bonds. The molecule has 0 saturated carbocycles. The van der Waals surface area contributed by atoms with Crippen molar-refractivity contribution in [1.29, 1.82) is 0 Å². The van der Waals surface area contributed by atoms with E-state index in [0.29, 0.717) is 10.0 Å². The minimum atomic E-state index is 0.00997. The summed E-state index contributed by atoms with van der Waals surface area (Å²) >= 11 is 12.1. The molecule has 0 aliphatic heterocycles. The molecule has 0 spiro atoms. The monoisotopic (exact) mass is 369 g/mol. The third kappa shape index (κ3) is 3.84. The third-order valence-electron chi connectivity index (χ3n) is 4.36. The van der Waals surface area contributed by atoms with Crippen LogP contribution in [0.25, 0.3) is 22.3 Å². The van der Waals surface area contributed by atoms with Crippen molar-refractivity contribution in [3.8, 4) is 22.3 Å². The maximum absolute atomic E-state index is 6.57. The summed E-state index contributed by atoms with van der Waals surface area (Å²) in [5, 5.41) is 1.43. The predicted octanol–water partition coefficient (Wildman–Crippen LogP) is 7.21. The summed E-state index contributed by atoms with van der Waals surface area (Å²) < 4.78 is 0. The maximum Gasteiger partial charge on any atom is 0.0473 e. The second-order valence-corrected chi connectivity index (χ2v) is 8.12. The van der Waals surface area contributed by atoms with E-state index in [1.54, 1.807) is 0 Å². The van der Waals surface area contributed by atoms with Crippen molar-refractivity contribution >= 4 is 28.9 Å². The highest BCUT2D eigenvalue weighted by atomic mass is 35.5. The molecule has 1 nitrogen and oxygen atoms in total. The number of rotatable bonds is 2.